The second kappa shape index (κ2) is 7.51. The minimum absolute atomic E-state index is 0.0763. The molecule has 138 valence electrons. The average molecular weight is 365 g/mol. The normalized spacial score (nSPS) is 16.6. The van der Waals surface area contributed by atoms with Gasteiger partial charge in [0.2, 0.25) is 5.91 Å². The molecule has 2 heterocycles. The Balaban J connectivity index is 1.57. The Kier molecular flexibility index (Phi) is 5.15. The Bertz CT molecular complexity index is 824. The maximum atomic E-state index is 13.5. The van der Waals surface area contributed by atoms with E-state index in [4.69, 9.17) is 9.26 Å². The predicted molar refractivity (Wildman–Crippen MR) is 85.3 cm³/mol. The number of amides is 2. The third-order valence-corrected chi connectivity index (χ3v) is 3.92. The molecule has 1 aromatic carbocycles. The number of ether oxygens (including phenoxy) is 1. The Morgan fingerprint density at radius 1 is 1.38 bits per heavy atom. The quantitative estimate of drug-likeness (QED) is 0.875. The van der Waals surface area contributed by atoms with Crippen molar-refractivity contribution in [2.45, 2.75) is 26.0 Å². The zero-order chi connectivity index (χ0) is 18.7. The molecule has 9 heteroatoms. The van der Waals surface area contributed by atoms with Gasteiger partial charge < -0.3 is 19.5 Å². The molecular formula is C17H17F2N3O4. The Hall–Kier alpha value is -2.97. The van der Waals surface area contributed by atoms with Gasteiger partial charge in [0, 0.05) is 38.2 Å². The minimum atomic E-state index is -0.832. The van der Waals surface area contributed by atoms with E-state index in [9.17, 15) is 18.4 Å². The van der Waals surface area contributed by atoms with E-state index in [1.807, 2.05) is 0 Å². The van der Waals surface area contributed by atoms with Crippen molar-refractivity contribution in [2.24, 2.45) is 0 Å². The van der Waals surface area contributed by atoms with Crippen molar-refractivity contribution in [2.75, 3.05) is 13.1 Å². The highest BCUT2D eigenvalue weighted by Gasteiger charge is 2.29. The third-order valence-electron chi connectivity index (χ3n) is 3.92. The van der Waals surface area contributed by atoms with Crippen molar-refractivity contribution < 1.29 is 27.6 Å². The van der Waals surface area contributed by atoms with Crippen LogP contribution in [0, 0.1) is 11.6 Å². The van der Waals surface area contributed by atoms with E-state index in [0.717, 1.165) is 6.07 Å². The summed E-state index contributed by atoms with van der Waals surface area (Å²) in [6.07, 6.45) is 0.670. The molecule has 1 atom stereocenters. The van der Waals surface area contributed by atoms with Crippen LogP contribution in [0.2, 0.25) is 0 Å². The maximum absolute atomic E-state index is 13.5. The molecule has 0 radical (unpaired) electrons. The lowest BCUT2D eigenvalue weighted by atomic mass is 10.2. The first-order valence-corrected chi connectivity index (χ1v) is 8.02. The van der Waals surface area contributed by atoms with Crippen LogP contribution in [-0.2, 0) is 11.4 Å². The standard InChI is InChI=1S/C17H17F2N3O4/c1-10(23)20-12-4-5-22(8-12)17(24)15-7-13(26-21-15)9-25-16-3-2-11(18)6-14(16)19/h2-3,6-7,12H,4-5,8-9H2,1H3,(H,20,23)/t12-/m1/s1. The lowest BCUT2D eigenvalue weighted by molar-refractivity contribution is -0.119. The van der Waals surface area contributed by atoms with E-state index >= 15 is 0 Å². The van der Waals surface area contributed by atoms with E-state index < -0.39 is 11.6 Å². The summed E-state index contributed by atoms with van der Waals surface area (Å²) in [6.45, 7) is 2.18. The summed E-state index contributed by atoms with van der Waals surface area (Å²) in [7, 11) is 0. The van der Waals surface area contributed by atoms with Crippen LogP contribution in [0.3, 0.4) is 0 Å². The van der Waals surface area contributed by atoms with Crippen molar-refractivity contribution in [3.8, 4) is 5.75 Å². The average Bonchev–Trinajstić information content (AvgIpc) is 3.22. The molecule has 1 saturated heterocycles. The van der Waals surface area contributed by atoms with Gasteiger partial charge in [-0.1, -0.05) is 5.16 Å². The second-order valence-electron chi connectivity index (χ2n) is 5.98. The number of halogens is 2. The van der Waals surface area contributed by atoms with Crippen molar-refractivity contribution in [1.82, 2.24) is 15.4 Å². The Morgan fingerprint density at radius 2 is 2.19 bits per heavy atom. The van der Waals surface area contributed by atoms with Crippen LogP contribution in [0.1, 0.15) is 29.6 Å². The van der Waals surface area contributed by atoms with Gasteiger partial charge in [-0.15, -0.1) is 0 Å². The van der Waals surface area contributed by atoms with E-state index in [-0.39, 0.29) is 41.7 Å². The lowest BCUT2D eigenvalue weighted by Gasteiger charge is -2.15. The van der Waals surface area contributed by atoms with Gasteiger partial charge in [-0.25, -0.2) is 8.78 Å². The first-order chi connectivity index (χ1) is 12.4. The smallest absolute Gasteiger partial charge is 0.276 e. The molecule has 3 rings (SSSR count). The predicted octanol–water partition coefficient (Wildman–Crippen LogP) is 1.88. The summed E-state index contributed by atoms with van der Waals surface area (Å²) in [5.41, 5.74) is 0.103. The van der Waals surface area contributed by atoms with Crippen LogP contribution >= 0.6 is 0 Å². The fraction of sp³-hybridized carbons (Fsp3) is 0.353. The Labute approximate surface area is 147 Å². The van der Waals surface area contributed by atoms with Gasteiger partial charge in [0.05, 0.1) is 0 Å². The SMILES string of the molecule is CC(=O)N[C@@H]1CCN(C(=O)c2cc(COc3ccc(F)cc3F)on2)C1. The summed E-state index contributed by atoms with van der Waals surface area (Å²) in [6, 6.07) is 4.29. The summed E-state index contributed by atoms with van der Waals surface area (Å²) >= 11 is 0. The number of hydrogen-bond acceptors (Lipinski definition) is 5. The molecule has 7 nitrogen and oxygen atoms in total. The van der Waals surface area contributed by atoms with Crippen LogP contribution in [0.25, 0.3) is 0 Å². The number of carbonyl (C=O) groups excluding carboxylic acids is 2. The highest BCUT2D eigenvalue weighted by atomic mass is 19.1. The fourth-order valence-corrected chi connectivity index (χ4v) is 2.73. The van der Waals surface area contributed by atoms with Gasteiger partial charge in [-0.05, 0) is 18.6 Å². The van der Waals surface area contributed by atoms with Crippen LogP contribution in [0.4, 0.5) is 8.78 Å². The zero-order valence-electron chi connectivity index (χ0n) is 14.0. The molecule has 0 aliphatic carbocycles. The molecule has 0 saturated carbocycles. The maximum Gasteiger partial charge on any atom is 0.276 e. The van der Waals surface area contributed by atoms with Crippen LogP contribution in [-0.4, -0.2) is 41.0 Å². The van der Waals surface area contributed by atoms with Gasteiger partial charge in [-0.3, -0.25) is 9.59 Å². The lowest BCUT2D eigenvalue weighted by Crippen LogP contribution is -2.37. The summed E-state index contributed by atoms with van der Waals surface area (Å²) < 4.78 is 36.6. The largest absolute Gasteiger partial charge is 0.482 e. The van der Waals surface area contributed by atoms with Crippen LogP contribution in [0.15, 0.2) is 28.8 Å². The molecule has 0 bridgehead atoms. The van der Waals surface area contributed by atoms with Gasteiger partial charge in [0.1, 0.15) is 12.4 Å². The van der Waals surface area contributed by atoms with Crippen molar-refractivity contribution in [1.29, 1.82) is 0 Å². The van der Waals surface area contributed by atoms with Gasteiger partial charge in [0.15, 0.2) is 23.0 Å². The molecule has 26 heavy (non-hydrogen) atoms. The molecule has 1 aliphatic heterocycles. The first-order valence-electron chi connectivity index (χ1n) is 8.02. The molecule has 1 fully saturated rings. The number of rotatable bonds is 5. The van der Waals surface area contributed by atoms with E-state index in [2.05, 4.69) is 10.5 Å². The molecule has 0 spiro atoms. The van der Waals surface area contributed by atoms with E-state index in [1.165, 1.54) is 19.1 Å². The number of likely N-dealkylation sites (tertiary alicyclic amines) is 1. The third kappa shape index (κ3) is 4.16. The summed E-state index contributed by atoms with van der Waals surface area (Å²) in [5, 5.41) is 6.48. The van der Waals surface area contributed by atoms with E-state index in [0.29, 0.717) is 25.6 Å². The number of nitrogens with zero attached hydrogens (tertiary/aromatic N) is 2. The molecule has 1 aromatic heterocycles. The first kappa shape index (κ1) is 17.8. The monoisotopic (exact) mass is 365 g/mol. The molecule has 2 amide bonds. The van der Waals surface area contributed by atoms with Gasteiger partial charge in [0.25, 0.3) is 5.91 Å². The summed E-state index contributed by atoms with van der Waals surface area (Å²) in [5.74, 6) is -1.89. The fourth-order valence-electron chi connectivity index (χ4n) is 2.73. The number of aromatic nitrogens is 1. The molecule has 1 N–H and O–H groups in total. The van der Waals surface area contributed by atoms with Crippen LogP contribution < -0.4 is 10.1 Å². The summed E-state index contributed by atoms with van der Waals surface area (Å²) in [4.78, 5) is 25.1. The number of carbonyl (C=O) groups is 2. The highest BCUT2D eigenvalue weighted by Crippen LogP contribution is 2.20. The number of benzene rings is 1. The number of hydrogen-bond donors (Lipinski definition) is 1. The van der Waals surface area contributed by atoms with Crippen molar-refractivity contribution >= 4 is 11.8 Å². The second-order valence-corrected chi connectivity index (χ2v) is 5.98. The molecule has 1 aliphatic rings. The molecule has 2 aromatic rings. The van der Waals surface area contributed by atoms with Crippen molar-refractivity contribution in [3.63, 3.8) is 0 Å². The Morgan fingerprint density at radius 3 is 2.92 bits per heavy atom. The van der Waals surface area contributed by atoms with Crippen LogP contribution in [0.5, 0.6) is 5.75 Å². The topological polar surface area (TPSA) is 84.7 Å². The van der Waals surface area contributed by atoms with Gasteiger partial charge >= 0.3 is 0 Å². The zero-order valence-corrected chi connectivity index (χ0v) is 14.0. The molecule has 0 unspecified atom stereocenters. The minimum Gasteiger partial charge on any atom is -0.482 e. The van der Waals surface area contributed by atoms with Gasteiger partial charge in [-0.2, -0.15) is 0 Å². The van der Waals surface area contributed by atoms with E-state index in [1.54, 1.807) is 4.90 Å². The molecular weight excluding hydrogens is 348 g/mol. The number of nitrogens with one attached hydrogen (secondary N) is 1. The van der Waals surface area contributed by atoms with Crippen molar-refractivity contribution in [3.05, 3.63) is 47.4 Å². The highest BCUT2D eigenvalue weighted by molar-refractivity contribution is 5.92.